The van der Waals surface area contributed by atoms with Gasteiger partial charge in [0, 0.05) is 39.8 Å². The van der Waals surface area contributed by atoms with E-state index < -0.39 is 0 Å². The molecule has 0 unspecified atom stereocenters. The van der Waals surface area contributed by atoms with Crippen molar-refractivity contribution in [2.75, 3.05) is 40.3 Å². The zero-order chi connectivity index (χ0) is 19.3. The van der Waals surface area contributed by atoms with Gasteiger partial charge in [-0.3, -0.25) is 4.99 Å². The number of benzene rings is 1. The van der Waals surface area contributed by atoms with E-state index in [0.29, 0.717) is 13.2 Å². The fraction of sp³-hybridized carbons (Fsp3) is 0.450. The Morgan fingerprint density at radius 1 is 1.18 bits per heavy atom. The third-order valence-corrected chi connectivity index (χ3v) is 3.96. The molecule has 0 aliphatic heterocycles. The van der Waals surface area contributed by atoms with Crippen LogP contribution in [0, 0.1) is 5.82 Å². The number of furan rings is 1. The van der Waals surface area contributed by atoms with E-state index in [2.05, 4.69) is 20.5 Å². The fourth-order valence-electron chi connectivity index (χ4n) is 2.51. The highest BCUT2D eigenvalue weighted by atomic mass is 127. The van der Waals surface area contributed by atoms with Crippen molar-refractivity contribution in [3.05, 3.63) is 59.8 Å². The number of hydrogen-bond acceptors (Lipinski definition) is 4. The molecule has 0 bridgehead atoms. The Bertz CT molecular complexity index is 665. The maximum atomic E-state index is 12.9. The predicted molar refractivity (Wildman–Crippen MR) is 120 cm³/mol. The van der Waals surface area contributed by atoms with Crippen LogP contribution in [-0.4, -0.2) is 51.2 Å². The Kier molecular flexibility index (Phi) is 12.5. The van der Waals surface area contributed by atoms with Crippen molar-refractivity contribution < 1.29 is 13.5 Å². The lowest BCUT2D eigenvalue weighted by molar-refractivity contribution is 0.105. The first-order valence-electron chi connectivity index (χ1n) is 9.15. The Morgan fingerprint density at radius 3 is 2.61 bits per heavy atom. The van der Waals surface area contributed by atoms with Crippen molar-refractivity contribution in [1.29, 1.82) is 0 Å². The van der Waals surface area contributed by atoms with E-state index in [1.807, 2.05) is 31.3 Å². The SMILES string of the molecule is CN=C(NCCCOCc1ccco1)NCCN(C)Cc1ccc(F)cc1.I. The molecule has 1 aromatic carbocycles. The van der Waals surface area contributed by atoms with Gasteiger partial charge in [0.2, 0.25) is 0 Å². The molecule has 156 valence electrons. The van der Waals surface area contributed by atoms with Crippen molar-refractivity contribution >= 4 is 29.9 Å². The second kappa shape index (κ2) is 14.4. The molecule has 0 atom stereocenters. The molecular weight excluding hydrogens is 474 g/mol. The number of aliphatic imine (C=N–C) groups is 1. The molecule has 0 spiro atoms. The van der Waals surface area contributed by atoms with Gasteiger partial charge in [-0.25, -0.2) is 4.39 Å². The number of nitrogens with one attached hydrogen (secondary N) is 2. The minimum absolute atomic E-state index is 0. The zero-order valence-corrected chi connectivity index (χ0v) is 18.8. The molecule has 6 nitrogen and oxygen atoms in total. The summed E-state index contributed by atoms with van der Waals surface area (Å²) in [6.45, 7) is 4.34. The largest absolute Gasteiger partial charge is 0.467 e. The second-order valence-corrected chi connectivity index (χ2v) is 6.28. The Morgan fingerprint density at radius 2 is 1.93 bits per heavy atom. The summed E-state index contributed by atoms with van der Waals surface area (Å²) >= 11 is 0. The van der Waals surface area contributed by atoms with Crippen LogP contribution in [0.5, 0.6) is 0 Å². The van der Waals surface area contributed by atoms with E-state index in [4.69, 9.17) is 9.15 Å². The highest BCUT2D eigenvalue weighted by Gasteiger charge is 2.02. The van der Waals surface area contributed by atoms with Crippen molar-refractivity contribution in [1.82, 2.24) is 15.5 Å². The molecule has 28 heavy (non-hydrogen) atoms. The molecule has 0 saturated carbocycles. The van der Waals surface area contributed by atoms with Crippen LogP contribution in [-0.2, 0) is 17.9 Å². The number of hydrogen-bond donors (Lipinski definition) is 2. The Balaban J connectivity index is 0.00000392. The van der Waals surface area contributed by atoms with Gasteiger partial charge in [0.05, 0.1) is 6.26 Å². The van der Waals surface area contributed by atoms with Crippen LogP contribution in [0.3, 0.4) is 0 Å². The first-order chi connectivity index (χ1) is 13.2. The lowest BCUT2D eigenvalue weighted by atomic mass is 10.2. The molecule has 0 saturated heterocycles. The van der Waals surface area contributed by atoms with Gasteiger partial charge in [0.25, 0.3) is 0 Å². The summed E-state index contributed by atoms with van der Waals surface area (Å²) in [6.07, 6.45) is 2.53. The molecule has 2 N–H and O–H groups in total. The van der Waals surface area contributed by atoms with Crippen LogP contribution in [0.4, 0.5) is 4.39 Å². The molecule has 2 rings (SSSR count). The van der Waals surface area contributed by atoms with Crippen LogP contribution in [0.2, 0.25) is 0 Å². The summed E-state index contributed by atoms with van der Waals surface area (Å²) in [4.78, 5) is 6.39. The van der Waals surface area contributed by atoms with Gasteiger partial charge in [0.1, 0.15) is 18.2 Å². The third-order valence-electron chi connectivity index (χ3n) is 3.96. The average molecular weight is 504 g/mol. The number of ether oxygens (including phenoxy) is 1. The summed E-state index contributed by atoms with van der Waals surface area (Å²) in [7, 11) is 3.79. The van der Waals surface area contributed by atoms with Gasteiger partial charge in [-0.15, -0.1) is 24.0 Å². The lowest BCUT2D eigenvalue weighted by Gasteiger charge is -2.18. The zero-order valence-electron chi connectivity index (χ0n) is 16.5. The molecule has 2 aromatic rings. The van der Waals surface area contributed by atoms with Crippen molar-refractivity contribution in [3.63, 3.8) is 0 Å². The summed E-state index contributed by atoms with van der Waals surface area (Å²) < 4.78 is 23.7. The molecule has 1 aromatic heterocycles. The van der Waals surface area contributed by atoms with E-state index in [0.717, 1.165) is 49.9 Å². The molecule has 0 radical (unpaired) electrons. The van der Waals surface area contributed by atoms with Crippen LogP contribution < -0.4 is 10.6 Å². The second-order valence-electron chi connectivity index (χ2n) is 6.28. The highest BCUT2D eigenvalue weighted by molar-refractivity contribution is 14.0. The van der Waals surface area contributed by atoms with Gasteiger partial charge >= 0.3 is 0 Å². The first-order valence-corrected chi connectivity index (χ1v) is 9.15. The minimum atomic E-state index is -0.204. The van der Waals surface area contributed by atoms with Crippen LogP contribution in [0.1, 0.15) is 17.7 Å². The summed E-state index contributed by atoms with van der Waals surface area (Å²) in [5, 5.41) is 6.56. The van der Waals surface area contributed by atoms with Crippen molar-refractivity contribution in [2.24, 2.45) is 4.99 Å². The summed E-state index contributed by atoms with van der Waals surface area (Å²) in [5.41, 5.74) is 1.09. The molecule has 0 aliphatic carbocycles. The van der Waals surface area contributed by atoms with E-state index >= 15 is 0 Å². The molecule has 0 fully saturated rings. The van der Waals surface area contributed by atoms with Gasteiger partial charge in [-0.2, -0.15) is 0 Å². The number of likely N-dealkylation sites (N-methyl/N-ethyl adjacent to an activating group) is 1. The average Bonchev–Trinajstić information content (AvgIpc) is 3.18. The monoisotopic (exact) mass is 504 g/mol. The molecule has 0 aliphatic rings. The van der Waals surface area contributed by atoms with Gasteiger partial charge in [-0.1, -0.05) is 12.1 Å². The number of halogens is 2. The fourth-order valence-corrected chi connectivity index (χ4v) is 2.51. The Labute approximate surface area is 183 Å². The number of rotatable bonds is 11. The first kappa shape index (κ1) is 24.4. The van der Waals surface area contributed by atoms with Gasteiger partial charge in [-0.05, 0) is 43.3 Å². The minimum Gasteiger partial charge on any atom is -0.467 e. The van der Waals surface area contributed by atoms with Crippen molar-refractivity contribution in [2.45, 2.75) is 19.6 Å². The van der Waals surface area contributed by atoms with E-state index in [1.54, 1.807) is 13.3 Å². The van der Waals surface area contributed by atoms with Gasteiger partial charge < -0.3 is 24.7 Å². The summed E-state index contributed by atoms with van der Waals surface area (Å²) in [5.74, 6) is 1.41. The number of nitrogens with zero attached hydrogens (tertiary/aromatic N) is 2. The smallest absolute Gasteiger partial charge is 0.191 e. The van der Waals surface area contributed by atoms with Gasteiger partial charge in [0.15, 0.2) is 5.96 Å². The van der Waals surface area contributed by atoms with Crippen LogP contribution in [0.15, 0.2) is 52.1 Å². The normalized spacial score (nSPS) is 11.4. The molecule has 0 amide bonds. The quantitative estimate of drug-likeness (QED) is 0.213. The van der Waals surface area contributed by atoms with E-state index in [-0.39, 0.29) is 29.8 Å². The maximum Gasteiger partial charge on any atom is 0.191 e. The van der Waals surface area contributed by atoms with Crippen LogP contribution >= 0.6 is 24.0 Å². The molecular formula is C20H30FIN4O2. The van der Waals surface area contributed by atoms with E-state index in [1.165, 1.54) is 12.1 Å². The standard InChI is InChI=1S/C20H29FN4O2.HI/c1-22-20(23-10-4-13-26-16-19-5-3-14-27-19)24-11-12-25(2)15-17-6-8-18(21)9-7-17;/h3,5-9,14H,4,10-13,15-16H2,1-2H3,(H2,22,23,24);1H. The molecule has 1 heterocycles. The molecule has 8 heteroatoms. The summed E-state index contributed by atoms with van der Waals surface area (Å²) in [6, 6.07) is 10.4. The van der Waals surface area contributed by atoms with E-state index in [9.17, 15) is 4.39 Å². The maximum absolute atomic E-state index is 12.9. The van der Waals surface area contributed by atoms with Crippen LogP contribution in [0.25, 0.3) is 0 Å². The lowest BCUT2D eigenvalue weighted by Crippen LogP contribution is -2.41. The third kappa shape index (κ3) is 10.0. The Hall–Kier alpha value is -1.65. The highest BCUT2D eigenvalue weighted by Crippen LogP contribution is 2.05. The number of guanidine groups is 1. The topological polar surface area (TPSA) is 62.0 Å². The van der Waals surface area contributed by atoms with Crippen molar-refractivity contribution in [3.8, 4) is 0 Å². The predicted octanol–water partition coefficient (Wildman–Crippen LogP) is 3.24.